The number of aliphatic hydroxyl groups is 1. The smallest absolute Gasteiger partial charge is 0.0459 e. The third-order valence-electron chi connectivity index (χ3n) is 5.64. The van der Waals surface area contributed by atoms with Gasteiger partial charge in [-0.3, -0.25) is 0 Å². The van der Waals surface area contributed by atoms with Crippen LogP contribution >= 0.6 is 0 Å². The fourth-order valence-corrected chi connectivity index (χ4v) is 4.90. The second kappa shape index (κ2) is 3.46. The highest BCUT2D eigenvalue weighted by atomic mass is 16.3. The number of nitrogens with two attached hydrogens (primary N) is 1. The molecule has 0 saturated heterocycles. The van der Waals surface area contributed by atoms with Crippen molar-refractivity contribution < 1.29 is 5.11 Å². The molecule has 3 fully saturated rings. The monoisotopic (exact) mass is 209 g/mol. The van der Waals surface area contributed by atoms with Crippen LogP contribution in [-0.4, -0.2) is 17.8 Å². The van der Waals surface area contributed by atoms with E-state index in [1.807, 2.05) is 0 Å². The van der Waals surface area contributed by atoms with Crippen LogP contribution in [0.2, 0.25) is 0 Å². The Kier molecular flexibility index (Phi) is 2.33. The molecule has 3 rings (SSSR count). The van der Waals surface area contributed by atoms with Gasteiger partial charge in [-0.25, -0.2) is 0 Å². The molecule has 0 aromatic heterocycles. The van der Waals surface area contributed by atoms with E-state index in [9.17, 15) is 5.11 Å². The molecule has 0 unspecified atom stereocenters. The Labute approximate surface area is 92.2 Å². The van der Waals surface area contributed by atoms with Gasteiger partial charge in [-0.1, -0.05) is 6.42 Å². The summed E-state index contributed by atoms with van der Waals surface area (Å²) in [6.07, 6.45) is 9.25. The molecule has 5 atom stereocenters. The van der Waals surface area contributed by atoms with Crippen molar-refractivity contribution in [2.75, 3.05) is 6.61 Å². The first kappa shape index (κ1) is 10.1. The predicted molar refractivity (Wildman–Crippen MR) is 60.3 cm³/mol. The summed E-state index contributed by atoms with van der Waals surface area (Å²) >= 11 is 0. The third kappa shape index (κ3) is 1.31. The summed E-state index contributed by atoms with van der Waals surface area (Å²) in [4.78, 5) is 0. The fraction of sp³-hybridized carbons (Fsp3) is 1.00. The van der Waals surface area contributed by atoms with Crippen LogP contribution in [0.1, 0.15) is 44.9 Å². The summed E-state index contributed by atoms with van der Waals surface area (Å²) in [5.74, 6) is 2.25. The zero-order valence-electron chi connectivity index (χ0n) is 9.49. The predicted octanol–water partition coefficient (Wildman–Crippen LogP) is 1.91. The number of fused-ring (bicyclic) bond motifs is 3. The minimum atomic E-state index is 0.381. The number of rotatable bonds is 1. The molecule has 2 nitrogen and oxygen atoms in total. The maximum Gasteiger partial charge on any atom is 0.0459 e. The van der Waals surface area contributed by atoms with E-state index in [1.54, 1.807) is 0 Å². The Morgan fingerprint density at radius 2 is 2.13 bits per heavy atom. The molecule has 0 aromatic rings. The zero-order valence-corrected chi connectivity index (χ0v) is 9.49. The quantitative estimate of drug-likeness (QED) is 0.693. The van der Waals surface area contributed by atoms with Gasteiger partial charge in [0.2, 0.25) is 0 Å². The standard InChI is InChI=1S/C13H23NO/c14-12-10-3-4-11(6-10)13(12)5-1-2-9(7-13)8-15/h9-12,15H,1-8,14H2/t9-,10-,11+,12-,13-/m0/s1. The van der Waals surface area contributed by atoms with Crippen LogP contribution in [0.25, 0.3) is 0 Å². The van der Waals surface area contributed by atoms with Gasteiger partial charge >= 0.3 is 0 Å². The zero-order chi connectivity index (χ0) is 10.5. The van der Waals surface area contributed by atoms with Gasteiger partial charge in [-0.05, 0) is 61.7 Å². The maximum atomic E-state index is 9.35. The SMILES string of the molecule is N[C@H]1[C@H]2CC[C@H](C2)[C@@]12CCC[C@H](CO)C2. The maximum absolute atomic E-state index is 9.35. The van der Waals surface area contributed by atoms with Crippen molar-refractivity contribution >= 4 is 0 Å². The van der Waals surface area contributed by atoms with E-state index in [2.05, 4.69) is 0 Å². The van der Waals surface area contributed by atoms with E-state index in [4.69, 9.17) is 5.73 Å². The van der Waals surface area contributed by atoms with E-state index in [0.717, 1.165) is 11.8 Å². The topological polar surface area (TPSA) is 46.2 Å². The summed E-state index contributed by atoms with van der Waals surface area (Å²) < 4.78 is 0. The van der Waals surface area contributed by atoms with E-state index in [-0.39, 0.29) is 0 Å². The molecular weight excluding hydrogens is 186 g/mol. The average Bonchev–Trinajstić information content (AvgIpc) is 2.84. The summed E-state index contributed by atoms with van der Waals surface area (Å²) in [5, 5.41) is 9.35. The van der Waals surface area contributed by atoms with E-state index in [0.29, 0.717) is 24.0 Å². The molecule has 15 heavy (non-hydrogen) atoms. The molecule has 3 aliphatic carbocycles. The van der Waals surface area contributed by atoms with Gasteiger partial charge in [0, 0.05) is 12.6 Å². The number of hydrogen-bond acceptors (Lipinski definition) is 2. The van der Waals surface area contributed by atoms with Gasteiger partial charge in [0.25, 0.3) is 0 Å². The van der Waals surface area contributed by atoms with E-state index >= 15 is 0 Å². The Balaban J connectivity index is 1.83. The van der Waals surface area contributed by atoms with Crippen molar-refractivity contribution in [3.63, 3.8) is 0 Å². The largest absolute Gasteiger partial charge is 0.396 e. The summed E-state index contributed by atoms with van der Waals surface area (Å²) in [6.45, 7) is 0.381. The van der Waals surface area contributed by atoms with Crippen molar-refractivity contribution in [1.82, 2.24) is 0 Å². The Bertz CT molecular complexity index is 251. The lowest BCUT2D eigenvalue weighted by atomic mass is 9.60. The Hall–Kier alpha value is -0.0800. The third-order valence-corrected chi connectivity index (χ3v) is 5.64. The Morgan fingerprint density at radius 3 is 2.80 bits per heavy atom. The second-order valence-corrected chi connectivity index (χ2v) is 6.17. The minimum absolute atomic E-state index is 0.381. The second-order valence-electron chi connectivity index (χ2n) is 6.17. The Morgan fingerprint density at radius 1 is 1.27 bits per heavy atom. The van der Waals surface area contributed by atoms with Crippen LogP contribution in [0.15, 0.2) is 0 Å². The first-order valence-electron chi connectivity index (χ1n) is 6.63. The highest BCUT2D eigenvalue weighted by Crippen LogP contribution is 2.61. The molecule has 3 N–H and O–H groups in total. The average molecular weight is 209 g/mol. The first-order valence-corrected chi connectivity index (χ1v) is 6.63. The van der Waals surface area contributed by atoms with Gasteiger partial charge in [0.05, 0.1) is 0 Å². The van der Waals surface area contributed by atoms with Crippen molar-refractivity contribution in [2.45, 2.75) is 51.0 Å². The molecule has 2 bridgehead atoms. The highest BCUT2D eigenvalue weighted by Gasteiger charge is 2.57. The fourth-order valence-electron chi connectivity index (χ4n) is 4.90. The van der Waals surface area contributed by atoms with Crippen LogP contribution in [0.5, 0.6) is 0 Å². The van der Waals surface area contributed by atoms with Crippen molar-refractivity contribution in [2.24, 2.45) is 28.9 Å². The van der Waals surface area contributed by atoms with Crippen molar-refractivity contribution in [3.05, 3.63) is 0 Å². The normalized spacial score (nSPS) is 54.0. The lowest BCUT2D eigenvalue weighted by Gasteiger charge is -2.47. The molecule has 3 aliphatic rings. The van der Waals surface area contributed by atoms with E-state index in [1.165, 1.54) is 44.9 Å². The molecule has 1 spiro atoms. The van der Waals surface area contributed by atoms with Gasteiger partial charge in [-0.15, -0.1) is 0 Å². The van der Waals surface area contributed by atoms with E-state index < -0.39 is 0 Å². The van der Waals surface area contributed by atoms with Crippen LogP contribution in [0.4, 0.5) is 0 Å². The van der Waals surface area contributed by atoms with Crippen molar-refractivity contribution in [3.8, 4) is 0 Å². The lowest BCUT2D eigenvalue weighted by molar-refractivity contribution is 0.0292. The van der Waals surface area contributed by atoms with Crippen LogP contribution < -0.4 is 5.73 Å². The summed E-state index contributed by atoms with van der Waals surface area (Å²) in [5.41, 5.74) is 6.90. The molecule has 2 heteroatoms. The van der Waals surface area contributed by atoms with Crippen LogP contribution in [0.3, 0.4) is 0 Å². The van der Waals surface area contributed by atoms with Crippen LogP contribution in [0, 0.1) is 23.2 Å². The highest BCUT2D eigenvalue weighted by molar-refractivity contribution is 5.09. The molecule has 0 radical (unpaired) electrons. The molecule has 0 heterocycles. The molecule has 3 saturated carbocycles. The molecular formula is C13H23NO. The summed E-state index contributed by atoms with van der Waals surface area (Å²) in [7, 11) is 0. The van der Waals surface area contributed by atoms with Gasteiger partial charge < -0.3 is 10.8 Å². The van der Waals surface area contributed by atoms with Gasteiger partial charge in [0.15, 0.2) is 0 Å². The molecule has 0 amide bonds. The van der Waals surface area contributed by atoms with Crippen LogP contribution in [-0.2, 0) is 0 Å². The van der Waals surface area contributed by atoms with Crippen molar-refractivity contribution in [1.29, 1.82) is 0 Å². The molecule has 0 aliphatic heterocycles. The molecule has 86 valence electrons. The molecule has 0 aromatic carbocycles. The van der Waals surface area contributed by atoms with Gasteiger partial charge in [0.1, 0.15) is 0 Å². The van der Waals surface area contributed by atoms with Gasteiger partial charge in [-0.2, -0.15) is 0 Å². The lowest BCUT2D eigenvalue weighted by Crippen LogP contribution is -2.49. The summed E-state index contributed by atoms with van der Waals surface area (Å²) in [6, 6.07) is 0.450. The number of aliphatic hydroxyl groups excluding tert-OH is 1. The minimum Gasteiger partial charge on any atom is -0.396 e. The first-order chi connectivity index (χ1) is 7.26. The number of hydrogen-bond donors (Lipinski definition) is 2.